The van der Waals surface area contributed by atoms with Gasteiger partial charge in [-0.1, -0.05) is 17.7 Å². The number of non-ortho nitro benzene ring substituents is 1. The first kappa shape index (κ1) is 27.9. The van der Waals surface area contributed by atoms with Gasteiger partial charge >= 0.3 is 0 Å². The van der Waals surface area contributed by atoms with Gasteiger partial charge in [0, 0.05) is 29.4 Å². The van der Waals surface area contributed by atoms with E-state index in [2.05, 4.69) is 10.6 Å². The molecule has 0 aromatic heterocycles. The monoisotopic (exact) mass is 566 g/mol. The number of rotatable bonds is 9. The summed E-state index contributed by atoms with van der Waals surface area (Å²) in [4.78, 5) is 50.9. The fourth-order valence-corrected chi connectivity index (χ4v) is 4.15. The summed E-state index contributed by atoms with van der Waals surface area (Å²) in [5.74, 6) is -1.18. The van der Waals surface area contributed by atoms with Gasteiger partial charge in [0.2, 0.25) is 0 Å². The first-order chi connectivity index (χ1) is 19.1. The molecule has 0 saturated carbocycles. The molecule has 0 aliphatic carbocycles. The molecule has 0 atom stereocenters. The molecule has 0 saturated heterocycles. The number of nitro groups is 1. The maximum absolute atomic E-state index is 13.3. The van der Waals surface area contributed by atoms with Crippen LogP contribution in [0.5, 0.6) is 17.2 Å². The maximum atomic E-state index is 13.3. The van der Waals surface area contributed by atoms with E-state index in [1.807, 2.05) is 0 Å². The molecular weight excluding hydrogens is 544 g/mol. The lowest BCUT2D eigenvalue weighted by atomic mass is 10.1. The Hall–Kier alpha value is -5.10. The summed E-state index contributed by atoms with van der Waals surface area (Å²) >= 11 is 6.30. The Bertz CT molecular complexity index is 1590. The molecule has 0 fully saturated rings. The number of halogens is 1. The number of nitrogens with zero attached hydrogens (tertiary/aromatic N) is 2. The average molecular weight is 567 g/mol. The van der Waals surface area contributed by atoms with E-state index in [0.29, 0.717) is 17.0 Å². The first-order valence-corrected chi connectivity index (χ1v) is 12.0. The number of methoxy groups -OCH3 is 3. The summed E-state index contributed by atoms with van der Waals surface area (Å²) in [5.41, 5.74) is 0.978. The number of nitrogens with one attached hydrogen (secondary N) is 2. The summed E-state index contributed by atoms with van der Waals surface area (Å²) < 4.78 is 15.7. The lowest BCUT2D eigenvalue weighted by Gasteiger charge is -2.19. The van der Waals surface area contributed by atoms with Gasteiger partial charge in [-0.3, -0.25) is 24.5 Å². The van der Waals surface area contributed by atoms with Gasteiger partial charge in [-0.25, -0.2) is 4.90 Å². The fraction of sp³-hybridized carbons (Fsp3) is 0.148. The second-order valence-electron chi connectivity index (χ2n) is 8.42. The second-order valence-corrected chi connectivity index (χ2v) is 8.80. The molecule has 0 bridgehead atoms. The normalized spacial score (nSPS) is 12.9. The van der Waals surface area contributed by atoms with Gasteiger partial charge in [-0.05, 0) is 42.8 Å². The van der Waals surface area contributed by atoms with Crippen molar-refractivity contribution < 1.29 is 33.5 Å². The summed E-state index contributed by atoms with van der Waals surface area (Å²) in [6.45, 7) is 1.73. The highest BCUT2D eigenvalue weighted by Gasteiger charge is 2.40. The van der Waals surface area contributed by atoms with Crippen LogP contribution in [0, 0.1) is 17.0 Å². The van der Waals surface area contributed by atoms with Crippen LogP contribution in [0.25, 0.3) is 0 Å². The molecule has 40 heavy (non-hydrogen) atoms. The third kappa shape index (κ3) is 5.24. The number of benzene rings is 3. The number of ether oxygens (including phenoxy) is 3. The Morgan fingerprint density at radius 2 is 1.62 bits per heavy atom. The van der Waals surface area contributed by atoms with Crippen molar-refractivity contribution in [2.75, 3.05) is 36.9 Å². The SMILES string of the molecule is COc1ccc(N2C(=O)C(Cl)=C(Nc3cc(C(=O)Nc4cc([N+](=O)[O-])ccc4OC)ccc3C)C2=O)c(OC)c1. The van der Waals surface area contributed by atoms with E-state index in [4.69, 9.17) is 25.8 Å². The van der Waals surface area contributed by atoms with Crippen LogP contribution in [0.1, 0.15) is 15.9 Å². The molecule has 0 spiro atoms. The number of hydrogen-bond acceptors (Lipinski definition) is 9. The van der Waals surface area contributed by atoms with Crippen molar-refractivity contribution in [1.82, 2.24) is 0 Å². The van der Waals surface area contributed by atoms with Crippen molar-refractivity contribution in [1.29, 1.82) is 0 Å². The van der Waals surface area contributed by atoms with Crippen molar-refractivity contribution in [2.45, 2.75) is 6.92 Å². The number of carbonyl (C=O) groups excluding carboxylic acids is 3. The molecule has 1 heterocycles. The van der Waals surface area contributed by atoms with Gasteiger partial charge < -0.3 is 24.8 Å². The number of imide groups is 1. The van der Waals surface area contributed by atoms with E-state index < -0.39 is 22.6 Å². The molecule has 1 aliphatic heterocycles. The van der Waals surface area contributed by atoms with Crippen LogP contribution in [0.4, 0.5) is 22.7 Å². The van der Waals surface area contributed by atoms with Crippen LogP contribution in [-0.2, 0) is 9.59 Å². The molecule has 3 aromatic rings. The number of anilines is 3. The molecule has 12 nitrogen and oxygen atoms in total. The highest BCUT2D eigenvalue weighted by atomic mass is 35.5. The zero-order chi connectivity index (χ0) is 29.1. The van der Waals surface area contributed by atoms with E-state index in [-0.39, 0.29) is 44.9 Å². The standard InChI is InChI=1S/C27H23ClN4O8/c1-14-5-6-15(25(33)30-19-12-16(32(36)37)7-10-21(19)39-3)11-18(14)29-24-23(28)26(34)31(27(24)35)20-9-8-17(38-2)13-22(20)40-4/h5-13,29H,1-4H3,(H,30,33). The van der Waals surface area contributed by atoms with Gasteiger partial charge in [0.05, 0.1) is 37.6 Å². The van der Waals surface area contributed by atoms with Crippen LogP contribution in [-0.4, -0.2) is 44.0 Å². The van der Waals surface area contributed by atoms with Crippen molar-refractivity contribution in [2.24, 2.45) is 0 Å². The van der Waals surface area contributed by atoms with Crippen molar-refractivity contribution >= 4 is 52.1 Å². The average Bonchev–Trinajstić information content (AvgIpc) is 3.16. The van der Waals surface area contributed by atoms with Gasteiger partial charge in [-0.15, -0.1) is 0 Å². The molecule has 2 N–H and O–H groups in total. The number of carbonyl (C=O) groups is 3. The van der Waals surface area contributed by atoms with Gasteiger partial charge in [0.1, 0.15) is 28.0 Å². The van der Waals surface area contributed by atoms with Crippen LogP contribution in [0.3, 0.4) is 0 Å². The zero-order valence-corrected chi connectivity index (χ0v) is 22.5. The smallest absolute Gasteiger partial charge is 0.283 e. The minimum Gasteiger partial charge on any atom is -0.497 e. The molecule has 4 rings (SSSR count). The summed E-state index contributed by atoms with van der Waals surface area (Å²) in [7, 11) is 4.23. The minimum atomic E-state index is -0.762. The van der Waals surface area contributed by atoms with Crippen LogP contribution in [0.15, 0.2) is 65.3 Å². The molecule has 13 heteroatoms. The first-order valence-electron chi connectivity index (χ1n) is 11.6. The molecule has 3 amide bonds. The summed E-state index contributed by atoms with van der Waals surface area (Å²) in [6.07, 6.45) is 0. The summed E-state index contributed by atoms with van der Waals surface area (Å²) in [6, 6.07) is 13.0. The number of nitro benzene ring substituents is 1. The summed E-state index contributed by atoms with van der Waals surface area (Å²) in [5, 5.41) is 16.3. The van der Waals surface area contributed by atoms with Gasteiger partial charge in [0.15, 0.2) is 0 Å². The topological polar surface area (TPSA) is 149 Å². The highest BCUT2D eigenvalue weighted by molar-refractivity contribution is 6.53. The molecule has 0 radical (unpaired) electrons. The maximum Gasteiger partial charge on any atom is 0.283 e. The van der Waals surface area contributed by atoms with E-state index in [1.165, 1.54) is 63.8 Å². The molecule has 0 unspecified atom stereocenters. The van der Waals surface area contributed by atoms with E-state index in [1.54, 1.807) is 19.1 Å². The Morgan fingerprint density at radius 1 is 0.900 bits per heavy atom. The number of aryl methyl sites for hydroxylation is 1. The molecular formula is C27H23ClN4O8. The second kappa shape index (κ2) is 11.3. The minimum absolute atomic E-state index is 0.100. The Kier molecular flexibility index (Phi) is 7.91. The van der Waals surface area contributed by atoms with Gasteiger partial charge in [-0.2, -0.15) is 0 Å². The predicted octanol–water partition coefficient (Wildman–Crippen LogP) is 4.62. The van der Waals surface area contributed by atoms with Crippen molar-refractivity contribution in [3.05, 3.63) is 86.6 Å². The molecule has 3 aromatic carbocycles. The van der Waals surface area contributed by atoms with Crippen LogP contribution in [0.2, 0.25) is 0 Å². The Labute approximate surface area is 233 Å². The molecule has 206 valence electrons. The fourth-order valence-electron chi connectivity index (χ4n) is 3.93. The Balaban J connectivity index is 1.61. The third-order valence-corrected chi connectivity index (χ3v) is 6.41. The van der Waals surface area contributed by atoms with Crippen molar-refractivity contribution in [3.8, 4) is 17.2 Å². The Morgan fingerprint density at radius 3 is 2.27 bits per heavy atom. The van der Waals surface area contributed by atoms with E-state index in [9.17, 15) is 24.5 Å². The largest absolute Gasteiger partial charge is 0.497 e. The lowest BCUT2D eigenvalue weighted by Crippen LogP contribution is -2.32. The zero-order valence-electron chi connectivity index (χ0n) is 21.7. The highest BCUT2D eigenvalue weighted by Crippen LogP contribution is 2.38. The third-order valence-electron chi connectivity index (χ3n) is 6.06. The molecule has 1 aliphatic rings. The quantitative estimate of drug-likeness (QED) is 0.215. The van der Waals surface area contributed by atoms with E-state index >= 15 is 0 Å². The van der Waals surface area contributed by atoms with E-state index in [0.717, 1.165) is 4.90 Å². The number of hydrogen-bond donors (Lipinski definition) is 2. The van der Waals surface area contributed by atoms with Gasteiger partial charge in [0.25, 0.3) is 23.4 Å². The predicted molar refractivity (Wildman–Crippen MR) is 147 cm³/mol. The van der Waals surface area contributed by atoms with Crippen molar-refractivity contribution in [3.63, 3.8) is 0 Å². The van der Waals surface area contributed by atoms with Crippen LogP contribution < -0.4 is 29.7 Å². The lowest BCUT2D eigenvalue weighted by molar-refractivity contribution is -0.384. The number of amides is 3. The van der Waals surface area contributed by atoms with Crippen LogP contribution >= 0.6 is 11.6 Å².